The van der Waals surface area contributed by atoms with E-state index in [2.05, 4.69) is 10.6 Å². The minimum Gasteiger partial charge on any atom is -0.351 e. The van der Waals surface area contributed by atoms with Gasteiger partial charge < -0.3 is 10.6 Å². The molecule has 0 heterocycles. The van der Waals surface area contributed by atoms with Crippen LogP contribution in [0, 0.1) is 0 Å². The maximum atomic E-state index is 11.8. The average molecular weight is 310 g/mol. The smallest absolute Gasteiger partial charge is 0.234 e. The Morgan fingerprint density at radius 3 is 2.62 bits per heavy atom. The quantitative estimate of drug-likeness (QED) is 0.817. The zero-order valence-corrected chi connectivity index (χ0v) is 13.0. The Kier molecular flexibility index (Phi) is 5.36. The van der Waals surface area contributed by atoms with Crippen molar-refractivity contribution in [3.63, 3.8) is 0 Å². The highest BCUT2D eigenvalue weighted by Crippen LogP contribution is 2.24. The third-order valence-corrected chi connectivity index (χ3v) is 5.52. The lowest BCUT2D eigenvalue weighted by molar-refractivity contribution is -0.120. The monoisotopic (exact) mass is 310 g/mol. The standard InChI is InChI=1S/C15H22N2O3S/c1-21(19,20)14-9-5-8-13(14)16-11-15(18)17-10-12-6-3-2-4-7-12/h2-4,6-7,13-14,16H,5,8-11H2,1H3,(H,17,18). The van der Waals surface area contributed by atoms with Gasteiger partial charge in [-0.1, -0.05) is 36.8 Å². The number of sulfone groups is 1. The Hall–Kier alpha value is -1.40. The van der Waals surface area contributed by atoms with Crippen LogP contribution in [0.15, 0.2) is 30.3 Å². The molecule has 1 aromatic rings. The van der Waals surface area contributed by atoms with Crippen molar-refractivity contribution in [1.29, 1.82) is 0 Å². The van der Waals surface area contributed by atoms with Crippen LogP contribution in [0.5, 0.6) is 0 Å². The van der Waals surface area contributed by atoms with Crippen LogP contribution < -0.4 is 10.6 Å². The van der Waals surface area contributed by atoms with E-state index in [0.717, 1.165) is 18.4 Å². The van der Waals surface area contributed by atoms with Crippen LogP contribution in [-0.2, 0) is 21.2 Å². The van der Waals surface area contributed by atoms with E-state index in [1.54, 1.807) is 0 Å². The molecule has 1 aliphatic rings. The van der Waals surface area contributed by atoms with E-state index in [9.17, 15) is 13.2 Å². The van der Waals surface area contributed by atoms with E-state index in [1.807, 2.05) is 30.3 Å². The zero-order valence-electron chi connectivity index (χ0n) is 12.2. The molecule has 2 unspecified atom stereocenters. The van der Waals surface area contributed by atoms with Crippen molar-refractivity contribution >= 4 is 15.7 Å². The fourth-order valence-electron chi connectivity index (χ4n) is 2.75. The second-order valence-electron chi connectivity index (χ2n) is 5.55. The Labute approximate surface area is 126 Å². The van der Waals surface area contributed by atoms with Crippen LogP contribution in [0.4, 0.5) is 0 Å². The maximum Gasteiger partial charge on any atom is 0.234 e. The molecule has 0 aromatic heterocycles. The molecule has 1 fully saturated rings. The first-order valence-corrected chi connectivity index (χ1v) is 9.15. The van der Waals surface area contributed by atoms with Crippen molar-refractivity contribution in [2.75, 3.05) is 12.8 Å². The van der Waals surface area contributed by atoms with E-state index in [-0.39, 0.29) is 23.7 Å². The first-order chi connectivity index (χ1) is 9.97. The summed E-state index contributed by atoms with van der Waals surface area (Å²) in [7, 11) is -3.05. The van der Waals surface area contributed by atoms with Gasteiger partial charge in [0, 0.05) is 18.8 Å². The second-order valence-corrected chi connectivity index (χ2v) is 7.81. The first kappa shape index (κ1) is 16.0. The van der Waals surface area contributed by atoms with Crippen molar-refractivity contribution in [3.8, 4) is 0 Å². The minimum atomic E-state index is -3.05. The summed E-state index contributed by atoms with van der Waals surface area (Å²) in [6, 6.07) is 9.57. The van der Waals surface area contributed by atoms with Crippen molar-refractivity contribution in [2.45, 2.75) is 37.1 Å². The second kappa shape index (κ2) is 7.04. The summed E-state index contributed by atoms with van der Waals surface area (Å²) in [5.41, 5.74) is 1.04. The van der Waals surface area contributed by atoms with Gasteiger partial charge in [-0.25, -0.2) is 8.42 Å². The summed E-state index contributed by atoms with van der Waals surface area (Å²) < 4.78 is 23.3. The molecule has 2 rings (SSSR count). The molecule has 0 spiro atoms. The third kappa shape index (κ3) is 4.82. The number of carbonyl (C=O) groups is 1. The molecule has 0 bridgehead atoms. The van der Waals surface area contributed by atoms with Gasteiger partial charge in [0.2, 0.25) is 5.91 Å². The van der Waals surface area contributed by atoms with Crippen LogP contribution in [0.2, 0.25) is 0 Å². The van der Waals surface area contributed by atoms with Crippen LogP contribution >= 0.6 is 0 Å². The van der Waals surface area contributed by atoms with Gasteiger partial charge in [-0.15, -0.1) is 0 Å². The van der Waals surface area contributed by atoms with E-state index in [1.165, 1.54) is 6.26 Å². The number of hydrogen-bond acceptors (Lipinski definition) is 4. The number of nitrogens with one attached hydrogen (secondary N) is 2. The van der Waals surface area contributed by atoms with E-state index < -0.39 is 9.84 Å². The SMILES string of the molecule is CS(=O)(=O)C1CCCC1NCC(=O)NCc1ccccc1. The van der Waals surface area contributed by atoms with E-state index in [4.69, 9.17) is 0 Å². The van der Waals surface area contributed by atoms with Crippen LogP contribution in [0.3, 0.4) is 0 Å². The molecular formula is C15H22N2O3S. The molecule has 1 saturated carbocycles. The summed E-state index contributed by atoms with van der Waals surface area (Å²) in [6.07, 6.45) is 3.65. The van der Waals surface area contributed by atoms with Gasteiger partial charge in [-0.05, 0) is 18.4 Å². The lowest BCUT2D eigenvalue weighted by atomic mass is 10.2. The van der Waals surface area contributed by atoms with Gasteiger partial charge in [0.1, 0.15) is 0 Å². The van der Waals surface area contributed by atoms with Gasteiger partial charge in [0.05, 0.1) is 11.8 Å². The molecule has 116 valence electrons. The molecule has 0 aliphatic heterocycles. The highest BCUT2D eigenvalue weighted by atomic mass is 32.2. The molecule has 5 nitrogen and oxygen atoms in total. The van der Waals surface area contributed by atoms with E-state index >= 15 is 0 Å². The highest BCUT2D eigenvalue weighted by molar-refractivity contribution is 7.91. The first-order valence-electron chi connectivity index (χ1n) is 7.19. The van der Waals surface area contributed by atoms with Crippen molar-refractivity contribution in [1.82, 2.24) is 10.6 Å². The molecule has 1 amide bonds. The Balaban J connectivity index is 1.76. The summed E-state index contributed by atoms with van der Waals surface area (Å²) in [4.78, 5) is 11.8. The molecule has 0 radical (unpaired) electrons. The van der Waals surface area contributed by atoms with E-state index in [0.29, 0.717) is 13.0 Å². The topological polar surface area (TPSA) is 75.3 Å². The van der Waals surface area contributed by atoms with Gasteiger partial charge >= 0.3 is 0 Å². The number of amides is 1. The number of hydrogen-bond donors (Lipinski definition) is 2. The Morgan fingerprint density at radius 1 is 1.24 bits per heavy atom. The fraction of sp³-hybridized carbons (Fsp3) is 0.533. The number of carbonyl (C=O) groups excluding carboxylic acids is 1. The Bertz CT molecular complexity index is 572. The largest absolute Gasteiger partial charge is 0.351 e. The fourth-order valence-corrected chi connectivity index (χ4v) is 4.18. The summed E-state index contributed by atoms with van der Waals surface area (Å²) >= 11 is 0. The summed E-state index contributed by atoms with van der Waals surface area (Å²) in [6.45, 7) is 0.644. The highest BCUT2D eigenvalue weighted by Gasteiger charge is 2.34. The lowest BCUT2D eigenvalue weighted by Gasteiger charge is -2.19. The predicted molar refractivity (Wildman–Crippen MR) is 82.6 cm³/mol. The normalized spacial score (nSPS) is 22.1. The van der Waals surface area contributed by atoms with Crippen molar-refractivity contribution < 1.29 is 13.2 Å². The molecule has 1 aliphatic carbocycles. The maximum absolute atomic E-state index is 11.8. The number of benzene rings is 1. The molecule has 0 saturated heterocycles. The molecular weight excluding hydrogens is 288 g/mol. The molecule has 2 N–H and O–H groups in total. The van der Waals surface area contributed by atoms with Gasteiger partial charge in [0.25, 0.3) is 0 Å². The third-order valence-electron chi connectivity index (χ3n) is 3.86. The molecule has 2 atom stereocenters. The van der Waals surface area contributed by atoms with Gasteiger partial charge in [-0.2, -0.15) is 0 Å². The van der Waals surface area contributed by atoms with Gasteiger partial charge in [-0.3, -0.25) is 4.79 Å². The van der Waals surface area contributed by atoms with Crippen LogP contribution in [0.25, 0.3) is 0 Å². The van der Waals surface area contributed by atoms with Gasteiger partial charge in [0.15, 0.2) is 9.84 Å². The predicted octanol–water partition coefficient (Wildman–Crippen LogP) is 0.858. The average Bonchev–Trinajstić information content (AvgIpc) is 2.92. The van der Waals surface area contributed by atoms with Crippen LogP contribution in [-0.4, -0.2) is 38.4 Å². The van der Waals surface area contributed by atoms with Crippen molar-refractivity contribution in [2.24, 2.45) is 0 Å². The summed E-state index contributed by atoms with van der Waals surface area (Å²) in [5, 5.41) is 5.55. The lowest BCUT2D eigenvalue weighted by Crippen LogP contribution is -2.44. The molecule has 6 heteroatoms. The number of rotatable bonds is 6. The van der Waals surface area contributed by atoms with Crippen molar-refractivity contribution in [3.05, 3.63) is 35.9 Å². The van der Waals surface area contributed by atoms with Crippen LogP contribution in [0.1, 0.15) is 24.8 Å². The minimum absolute atomic E-state index is 0.109. The molecule has 1 aromatic carbocycles. The Morgan fingerprint density at radius 2 is 1.95 bits per heavy atom. The zero-order chi connectivity index (χ0) is 15.3. The molecule has 21 heavy (non-hydrogen) atoms. The summed E-state index contributed by atoms with van der Waals surface area (Å²) in [5.74, 6) is -0.113.